The first-order valence-corrected chi connectivity index (χ1v) is 9.52. The zero-order valence-corrected chi connectivity index (χ0v) is 16.1. The van der Waals surface area contributed by atoms with E-state index in [0.29, 0.717) is 61.7 Å². The molecule has 0 unspecified atom stereocenters. The number of carbonyl (C=O) groups excluding carboxylic acids is 1. The van der Waals surface area contributed by atoms with Crippen LogP contribution in [0.1, 0.15) is 15.9 Å². The molecule has 1 aromatic carbocycles. The maximum absolute atomic E-state index is 13.8. The molecule has 0 bridgehead atoms. The van der Waals surface area contributed by atoms with Gasteiger partial charge in [-0.1, -0.05) is 6.07 Å². The molecule has 2 aromatic heterocycles. The smallest absolute Gasteiger partial charge is 0.261 e. The zero-order valence-electron chi connectivity index (χ0n) is 16.1. The Morgan fingerprint density at radius 1 is 1.14 bits per heavy atom. The van der Waals surface area contributed by atoms with Crippen molar-refractivity contribution in [2.45, 2.75) is 6.42 Å². The van der Waals surface area contributed by atoms with Crippen molar-refractivity contribution in [2.75, 3.05) is 39.8 Å². The second kappa shape index (κ2) is 8.16. The van der Waals surface area contributed by atoms with Gasteiger partial charge < -0.3 is 14.0 Å². The van der Waals surface area contributed by atoms with Crippen LogP contribution >= 0.6 is 0 Å². The third-order valence-corrected chi connectivity index (χ3v) is 5.33. The lowest BCUT2D eigenvalue weighted by Gasteiger charge is -2.35. The molecule has 0 spiro atoms. The van der Waals surface area contributed by atoms with Crippen LogP contribution in [0.4, 0.5) is 8.78 Å². The van der Waals surface area contributed by atoms with E-state index in [1.165, 1.54) is 19.2 Å². The topological polar surface area (TPSA) is 50.1 Å². The van der Waals surface area contributed by atoms with Crippen molar-refractivity contribution in [3.05, 3.63) is 65.6 Å². The van der Waals surface area contributed by atoms with E-state index in [2.05, 4.69) is 9.88 Å². The number of nitrogens with zero attached hydrogens (tertiary/aromatic N) is 4. The number of piperazine rings is 1. The number of methoxy groups -OCH3 is 1. The number of carbonyl (C=O) groups is 1. The van der Waals surface area contributed by atoms with Crippen molar-refractivity contribution in [1.29, 1.82) is 0 Å². The second-order valence-electron chi connectivity index (χ2n) is 7.04. The Bertz CT molecular complexity index is 1030. The Hall–Kier alpha value is -3.00. The molecule has 1 aliphatic heterocycles. The fourth-order valence-electron chi connectivity index (χ4n) is 3.68. The van der Waals surface area contributed by atoms with Gasteiger partial charge in [0.15, 0.2) is 5.65 Å². The number of ether oxygens (including phenoxy) is 1. The summed E-state index contributed by atoms with van der Waals surface area (Å²) in [5.41, 5.74) is 1.53. The van der Waals surface area contributed by atoms with Gasteiger partial charge in [0, 0.05) is 57.4 Å². The van der Waals surface area contributed by atoms with Gasteiger partial charge in [0.25, 0.3) is 5.91 Å². The van der Waals surface area contributed by atoms with Crippen LogP contribution in [-0.4, -0.2) is 64.9 Å². The average molecular weight is 400 g/mol. The molecule has 0 saturated carbocycles. The zero-order chi connectivity index (χ0) is 20.4. The SMILES string of the molecule is COc1ccn2ccnc2c1C(=O)N1CCN(CCc2ccc(F)cc2F)CC1. The first-order chi connectivity index (χ1) is 14.1. The first-order valence-electron chi connectivity index (χ1n) is 9.52. The van der Waals surface area contributed by atoms with Gasteiger partial charge in [0.05, 0.1) is 7.11 Å². The van der Waals surface area contributed by atoms with Crippen molar-refractivity contribution >= 4 is 11.6 Å². The first kappa shape index (κ1) is 19.3. The predicted molar refractivity (Wildman–Crippen MR) is 104 cm³/mol. The summed E-state index contributed by atoms with van der Waals surface area (Å²) >= 11 is 0. The molecular formula is C21H22F2N4O2. The molecule has 8 heteroatoms. The fraction of sp³-hybridized carbons (Fsp3) is 0.333. The van der Waals surface area contributed by atoms with Crippen LogP contribution in [0.15, 0.2) is 42.9 Å². The third kappa shape index (κ3) is 3.93. The van der Waals surface area contributed by atoms with Crippen LogP contribution in [0.25, 0.3) is 5.65 Å². The van der Waals surface area contributed by atoms with Crippen LogP contribution in [0.3, 0.4) is 0 Å². The molecule has 0 radical (unpaired) electrons. The number of pyridine rings is 1. The largest absolute Gasteiger partial charge is 0.496 e. The molecule has 1 amide bonds. The van der Waals surface area contributed by atoms with Crippen molar-refractivity contribution in [3.63, 3.8) is 0 Å². The summed E-state index contributed by atoms with van der Waals surface area (Å²) in [5.74, 6) is -0.689. The van der Waals surface area contributed by atoms with Crippen molar-refractivity contribution < 1.29 is 18.3 Å². The monoisotopic (exact) mass is 400 g/mol. The summed E-state index contributed by atoms with van der Waals surface area (Å²) in [6.07, 6.45) is 5.75. The molecule has 3 heterocycles. The fourth-order valence-corrected chi connectivity index (χ4v) is 3.68. The number of aromatic nitrogens is 2. The van der Waals surface area contributed by atoms with E-state index in [-0.39, 0.29) is 5.91 Å². The normalized spacial score (nSPS) is 15.1. The number of halogens is 2. The van der Waals surface area contributed by atoms with E-state index in [1.54, 1.807) is 27.8 Å². The number of hydrogen-bond donors (Lipinski definition) is 0. The van der Waals surface area contributed by atoms with Gasteiger partial charge in [-0.3, -0.25) is 9.69 Å². The van der Waals surface area contributed by atoms with Crippen LogP contribution in [0.5, 0.6) is 5.75 Å². The molecule has 1 fully saturated rings. The summed E-state index contributed by atoms with van der Waals surface area (Å²) in [6, 6.07) is 5.44. The standard InChI is InChI=1S/C21H22F2N4O2/c1-29-18-5-8-26-9-6-24-20(26)19(18)21(28)27-12-10-25(11-13-27)7-4-15-2-3-16(22)14-17(15)23/h2-3,5-6,8-9,14H,4,7,10-13H2,1H3. The van der Waals surface area contributed by atoms with E-state index in [4.69, 9.17) is 4.74 Å². The van der Waals surface area contributed by atoms with E-state index < -0.39 is 11.6 Å². The molecule has 4 rings (SSSR count). The number of benzene rings is 1. The van der Waals surface area contributed by atoms with E-state index in [1.807, 2.05) is 6.20 Å². The van der Waals surface area contributed by atoms with Crippen molar-refractivity contribution in [3.8, 4) is 5.75 Å². The minimum absolute atomic E-state index is 0.108. The molecule has 1 saturated heterocycles. The minimum atomic E-state index is -0.568. The number of amides is 1. The van der Waals surface area contributed by atoms with Gasteiger partial charge in [-0.15, -0.1) is 0 Å². The molecule has 0 N–H and O–H groups in total. The number of fused-ring (bicyclic) bond motifs is 1. The number of hydrogen-bond acceptors (Lipinski definition) is 4. The second-order valence-corrected chi connectivity index (χ2v) is 7.04. The lowest BCUT2D eigenvalue weighted by atomic mass is 10.1. The van der Waals surface area contributed by atoms with Gasteiger partial charge in [-0.25, -0.2) is 13.8 Å². The Balaban J connectivity index is 1.40. The molecule has 3 aromatic rings. The molecule has 0 aliphatic carbocycles. The summed E-state index contributed by atoms with van der Waals surface area (Å²) in [4.78, 5) is 21.4. The Kier molecular flexibility index (Phi) is 5.44. The summed E-state index contributed by atoms with van der Waals surface area (Å²) in [6.45, 7) is 3.16. The van der Waals surface area contributed by atoms with E-state index >= 15 is 0 Å². The number of imidazole rings is 1. The summed E-state index contributed by atoms with van der Waals surface area (Å²) in [7, 11) is 1.54. The Labute approximate surface area is 167 Å². The lowest BCUT2D eigenvalue weighted by Crippen LogP contribution is -2.49. The van der Waals surface area contributed by atoms with E-state index in [9.17, 15) is 13.6 Å². The van der Waals surface area contributed by atoms with Crippen LogP contribution in [0.2, 0.25) is 0 Å². The molecule has 29 heavy (non-hydrogen) atoms. The number of rotatable bonds is 5. The third-order valence-electron chi connectivity index (χ3n) is 5.33. The maximum atomic E-state index is 13.8. The van der Waals surface area contributed by atoms with Gasteiger partial charge in [0.1, 0.15) is 22.9 Å². The molecule has 0 atom stereocenters. The quantitative estimate of drug-likeness (QED) is 0.661. The highest BCUT2D eigenvalue weighted by atomic mass is 19.1. The highest BCUT2D eigenvalue weighted by Gasteiger charge is 2.27. The highest BCUT2D eigenvalue weighted by molar-refractivity contribution is 6.02. The van der Waals surface area contributed by atoms with Gasteiger partial charge in [0.2, 0.25) is 0 Å². The average Bonchev–Trinajstić information content (AvgIpc) is 3.21. The predicted octanol–water partition coefficient (Wildman–Crippen LogP) is 2.62. The van der Waals surface area contributed by atoms with Crippen LogP contribution < -0.4 is 4.74 Å². The van der Waals surface area contributed by atoms with Crippen molar-refractivity contribution in [1.82, 2.24) is 19.2 Å². The lowest BCUT2D eigenvalue weighted by molar-refractivity contribution is 0.0636. The Morgan fingerprint density at radius 3 is 2.66 bits per heavy atom. The Morgan fingerprint density at radius 2 is 1.93 bits per heavy atom. The van der Waals surface area contributed by atoms with Crippen LogP contribution in [-0.2, 0) is 6.42 Å². The molecule has 1 aliphatic rings. The van der Waals surface area contributed by atoms with Gasteiger partial charge in [-0.2, -0.15) is 0 Å². The highest BCUT2D eigenvalue weighted by Crippen LogP contribution is 2.24. The van der Waals surface area contributed by atoms with Gasteiger partial charge >= 0.3 is 0 Å². The molecule has 6 nitrogen and oxygen atoms in total. The summed E-state index contributed by atoms with van der Waals surface area (Å²) < 4.78 is 34.0. The molecular weight excluding hydrogens is 378 g/mol. The van der Waals surface area contributed by atoms with Crippen molar-refractivity contribution in [2.24, 2.45) is 0 Å². The van der Waals surface area contributed by atoms with Gasteiger partial charge in [-0.05, 0) is 24.1 Å². The van der Waals surface area contributed by atoms with Crippen LogP contribution in [0, 0.1) is 11.6 Å². The maximum Gasteiger partial charge on any atom is 0.261 e. The molecule has 152 valence electrons. The summed E-state index contributed by atoms with van der Waals surface area (Å²) in [5, 5.41) is 0. The minimum Gasteiger partial charge on any atom is -0.496 e. The van der Waals surface area contributed by atoms with E-state index in [0.717, 1.165) is 6.07 Å².